The molecule has 0 fully saturated rings. The van der Waals surface area contributed by atoms with Crippen molar-refractivity contribution in [2.45, 2.75) is 0 Å². The Balaban J connectivity index is 3.17. The summed E-state index contributed by atoms with van der Waals surface area (Å²) in [5, 5.41) is 8.28. The molecule has 1 aromatic heterocycles. The topological polar surface area (TPSA) is 50.4 Å². The molecule has 0 saturated heterocycles. The van der Waals surface area contributed by atoms with Crippen LogP contribution in [0, 0.1) is 0 Å². The zero-order chi connectivity index (χ0) is 7.72. The molecule has 3 heteroatoms. The van der Waals surface area contributed by atoms with E-state index in [2.05, 4.69) is 4.42 Å². The first-order chi connectivity index (χ1) is 4.63. The molecule has 1 rings (SSSR count). The molecule has 0 spiro atoms. The highest BCUT2D eigenvalue weighted by molar-refractivity contribution is 5.84. The maximum Gasteiger partial charge on any atom is 0.371 e. The second-order valence-electron chi connectivity index (χ2n) is 1.14. The van der Waals surface area contributed by atoms with Crippen molar-refractivity contribution in [3.63, 3.8) is 0 Å². The summed E-state index contributed by atoms with van der Waals surface area (Å²) in [4.78, 5) is 10.1. The molecule has 0 unspecified atom stereocenters. The maximum atomic E-state index is 10.1. The maximum absolute atomic E-state index is 10.1. The van der Waals surface area contributed by atoms with Gasteiger partial charge in [0.1, 0.15) is 0 Å². The molecule has 1 heterocycles. The first-order valence-corrected chi connectivity index (χ1v) is 1.91. The number of hydrogen-bond acceptors (Lipinski definition) is 2. The Morgan fingerprint density at radius 1 is 2.00 bits per heavy atom. The van der Waals surface area contributed by atoms with Gasteiger partial charge >= 0.3 is 5.97 Å². The molecule has 0 aliphatic rings. The molecule has 0 saturated carbocycles. The number of carbonyl (C=O) groups is 1. The van der Waals surface area contributed by atoms with E-state index in [-0.39, 0.29) is 12.1 Å². The van der Waals surface area contributed by atoms with Crippen molar-refractivity contribution in [3.05, 3.63) is 24.1 Å². The molecule has 0 aromatic carbocycles. The largest absolute Gasteiger partial charge is 0.475 e. The lowest BCUT2D eigenvalue weighted by atomic mass is 10.5. The second-order valence-corrected chi connectivity index (χ2v) is 1.14. The average Bonchev–Trinajstić information content (AvgIpc) is 2.14. The van der Waals surface area contributed by atoms with E-state index in [1.54, 1.807) is 0 Å². The number of furan rings is 1. The molecule has 8 heavy (non-hydrogen) atoms. The monoisotopic (exact) mass is 114 g/mol. The summed E-state index contributed by atoms with van der Waals surface area (Å²) < 4.78 is 18.2. The van der Waals surface area contributed by atoms with Crippen molar-refractivity contribution in [1.29, 1.82) is 0 Å². The van der Waals surface area contributed by atoms with Gasteiger partial charge in [-0.2, -0.15) is 0 Å². The Morgan fingerprint density at radius 2 is 2.75 bits per heavy atom. The van der Waals surface area contributed by atoms with Crippen LogP contribution in [0.5, 0.6) is 0 Å². The predicted octanol–water partition coefficient (Wildman–Crippen LogP) is 0.978. The summed E-state index contributed by atoms with van der Waals surface area (Å²) >= 11 is 0. The first kappa shape index (κ1) is 2.91. The van der Waals surface area contributed by atoms with E-state index in [4.69, 9.17) is 7.85 Å². The van der Waals surface area contributed by atoms with Gasteiger partial charge in [-0.25, -0.2) is 4.79 Å². The minimum atomic E-state index is -1.32. The van der Waals surface area contributed by atoms with Crippen molar-refractivity contribution in [3.8, 4) is 0 Å². The number of carboxylic acid groups (broad SMARTS) is 1. The van der Waals surface area contributed by atoms with Crippen molar-refractivity contribution in [1.82, 2.24) is 0 Å². The molecule has 0 aliphatic carbocycles. The van der Waals surface area contributed by atoms with Crippen LogP contribution in [0.3, 0.4) is 0 Å². The van der Waals surface area contributed by atoms with Gasteiger partial charge < -0.3 is 9.52 Å². The van der Waals surface area contributed by atoms with Crippen LogP contribution in [0.25, 0.3) is 0 Å². The van der Waals surface area contributed by atoms with Gasteiger partial charge in [0.2, 0.25) is 5.76 Å². The van der Waals surface area contributed by atoms with Crippen LogP contribution in [-0.2, 0) is 0 Å². The third-order valence-corrected chi connectivity index (χ3v) is 0.616. The Hall–Kier alpha value is -1.25. The fourth-order valence-electron chi connectivity index (χ4n) is 0.317. The molecule has 0 aliphatic heterocycles. The molecular weight excluding hydrogens is 108 g/mol. The third-order valence-electron chi connectivity index (χ3n) is 0.616. The van der Waals surface area contributed by atoms with Gasteiger partial charge in [0.25, 0.3) is 0 Å². The molecule has 1 N–H and O–H groups in total. The summed E-state index contributed by atoms with van der Waals surface area (Å²) in [6.07, 6.45) is 0.922. The van der Waals surface area contributed by atoms with Crippen LogP contribution in [-0.4, -0.2) is 11.1 Å². The normalized spacial score (nSPS) is 12.5. The minimum Gasteiger partial charge on any atom is -0.475 e. The van der Waals surface area contributed by atoms with E-state index >= 15 is 0 Å². The summed E-state index contributed by atoms with van der Waals surface area (Å²) in [5.41, 5.74) is 0. The van der Waals surface area contributed by atoms with Crippen molar-refractivity contribution < 1.29 is 17.1 Å². The van der Waals surface area contributed by atoms with Gasteiger partial charge in [0, 0.05) is 0 Å². The lowest BCUT2D eigenvalue weighted by Crippen LogP contribution is -1.90. The van der Waals surface area contributed by atoms with E-state index < -0.39 is 11.7 Å². The molecule has 0 radical (unpaired) electrons. The lowest BCUT2D eigenvalue weighted by Gasteiger charge is -1.79. The van der Waals surface area contributed by atoms with Crippen LogP contribution in [0.15, 0.2) is 22.8 Å². The van der Waals surface area contributed by atoms with Crippen LogP contribution >= 0.6 is 0 Å². The van der Waals surface area contributed by atoms with E-state index in [0.29, 0.717) is 0 Å². The molecule has 3 nitrogen and oxygen atoms in total. The van der Waals surface area contributed by atoms with Crippen LogP contribution in [0.1, 0.15) is 13.3 Å². The van der Waals surface area contributed by atoms with Crippen molar-refractivity contribution >= 4 is 5.97 Å². The highest BCUT2D eigenvalue weighted by Gasteiger charge is 2.01. The lowest BCUT2D eigenvalue weighted by molar-refractivity contribution is 0.0662. The Kier molecular flexibility index (Phi) is 0.617. The summed E-state index contributed by atoms with van der Waals surface area (Å²) in [7, 11) is 0. The van der Waals surface area contributed by atoms with Gasteiger partial charge in [-0.05, 0) is 12.1 Å². The van der Waals surface area contributed by atoms with E-state index in [9.17, 15) is 4.79 Å². The van der Waals surface area contributed by atoms with Gasteiger partial charge in [-0.1, -0.05) is 0 Å². The average molecular weight is 114 g/mol. The second kappa shape index (κ2) is 1.69. The van der Waals surface area contributed by atoms with Gasteiger partial charge in [-0.15, -0.1) is 0 Å². The zero-order valence-corrected chi connectivity index (χ0v) is 3.84. The molecule has 0 bridgehead atoms. The minimum absolute atomic E-state index is 0.211. The molecule has 1 aromatic rings. The van der Waals surface area contributed by atoms with Gasteiger partial charge in [-0.3, -0.25) is 0 Å². The smallest absolute Gasteiger partial charge is 0.371 e. The van der Waals surface area contributed by atoms with Crippen LogP contribution in [0.4, 0.5) is 0 Å². The molecule has 0 atom stereocenters. The summed E-state index contributed by atoms with van der Waals surface area (Å²) in [6, 6.07) is -0.593. The highest BCUT2D eigenvalue weighted by atomic mass is 16.4. The quantitative estimate of drug-likeness (QED) is 0.592. The van der Waals surface area contributed by atoms with Crippen LogP contribution in [0.2, 0.25) is 0 Å². The fraction of sp³-hybridized carbons (Fsp3) is 0. The fourth-order valence-corrected chi connectivity index (χ4v) is 0.317. The standard InChI is InChI=1S/C5H4O3/c6-5(7)4-2-1-3-8-4/h1-3H,(H,6,7)/i1D,2D. The third kappa shape index (κ3) is 0.703. The number of aromatic carboxylic acids is 1. The highest BCUT2D eigenvalue weighted by Crippen LogP contribution is 1.97. The SMILES string of the molecule is [2H]c1coc(C(=O)O)c1[2H]. The van der Waals surface area contributed by atoms with E-state index in [0.717, 1.165) is 6.26 Å². The zero-order valence-electron chi connectivity index (χ0n) is 5.84. The van der Waals surface area contributed by atoms with Crippen molar-refractivity contribution in [2.75, 3.05) is 0 Å². The first-order valence-electron chi connectivity index (χ1n) is 2.91. The number of hydrogen-bond donors (Lipinski definition) is 1. The van der Waals surface area contributed by atoms with Gasteiger partial charge in [0.05, 0.1) is 9.00 Å². The Bertz CT molecular complexity index is 266. The summed E-state index contributed by atoms with van der Waals surface area (Å²) in [5.74, 6) is -1.80. The van der Waals surface area contributed by atoms with Crippen LogP contribution < -0.4 is 0 Å². The Labute approximate surface area is 48.4 Å². The van der Waals surface area contributed by atoms with Gasteiger partial charge in [0.15, 0.2) is 0 Å². The number of rotatable bonds is 1. The van der Waals surface area contributed by atoms with Crippen molar-refractivity contribution in [2.24, 2.45) is 0 Å². The van der Waals surface area contributed by atoms with E-state index in [1.165, 1.54) is 0 Å². The number of carboxylic acids is 1. The summed E-state index contributed by atoms with van der Waals surface area (Å²) in [6.45, 7) is 0. The molecular formula is C5H4O3. The molecule has 0 amide bonds. The molecule has 42 valence electrons. The predicted molar refractivity (Wildman–Crippen MR) is 25.7 cm³/mol. The Morgan fingerprint density at radius 3 is 3.00 bits per heavy atom. The van der Waals surface area contributed by atoms with E-state index in [1.807, 2.05) is 0 Å².